The summed E-state index contributed by atoms with van der Waals surface area (Å²) in [6, 6.07) is 9.22. The summed E-state index contributed by atoms with van der Waals surface area (Å²) in [5.41, 5.74) is 1.41. The Morgan fingerprint density at radius 3 is 2.56 bits per heavy atom. The van der Waals surface area contributed by atoms with Gasteiger partial charge in [0.2, 0.25) is 6.10 Å². The summed E-state index contributed by atoms with van der Waals surface area (Å²) in [6.07, 6.45) is -1.49. The summed E-state index contributed by atoms with van der Waals surface area (Å²) in [7, 11) is 0. The summed E-state index contributed by atoms with van der Waals surface area (Å²) >= 11 is 2.99. The number of fused-ring (bicyclic) bond motifs is 1. The fourth-order valence-corrected chi connectivity index (χ4v) is 3.93. The number of amides is 2. The molecule has 3 rings (SSSR count). The van der Waals surface area contributed by atoms with Crippen molar-refractivity contribution in [3.8, 4) is 0 Å². The third-order valence-corrected chi connectivity index (χ3v) is 5.90. The molecule has 10 nitrogen and oxygen atoms in total. The van der Waals surface area contributed by atoms with Gasteiger partial charge in [0.25, 0.3) is 11.8 Å². The molecule has 0 spiro atoms. The van der Waals surface area contributed by atoms with Crippen LogP contribution >= 0.6 is 15.9 Å². The van der Waals surface area contributed by atoms with Crippen molar-refractivity contribution in [1.29, 1.82) is 0 Å². The minimum atomic E-state index is -1.21. The Bertz CT molecular complexity index is 1140. The second-order valence-electron chi connectivity index (χ2n) is 8.22. The number of ketones is 1. The molecule has 1 aliphatic heterocycles. The molecule has 180 valence electrons. The van der Waals surface area contributed by atoms with Gasteiger partial charge in [-0.15, -0.1) is 0 Å². The van der Waals surface area contributed by atoms with Crippen molar-refractivity contribution in [2.45, 2.75) is 44.9 Å². The molecular weight excluding hydrogens is 508 g/mol. The summed E-state index contributed by atoms with van der Waals surface area (Å²) in [5.74, 6) is -2.78. The Kier molecular flexibility index (Phi) is 8.32. The maximum Gasteiger partial charge on any atom is 0.305 e. The standard InChI is InChI=1S/C23H25BrN4O6/c1-12(2)21(27-22(32)15-8-7-13-5-3-4-6-14(13)25-15)17-9-19(34-28-17)23(33)26-16(10-20(30)31)18(29)11-24/h3-8,12,16,19,21H,9-11H2,1-2H3,(H,26,33)(H,27,32)(H,30,31)/t16-,19?,21-/m0/s1. The number of hydrogen-bond donors (Lipinski definition) is 3. The second-order valence-corrected chi connectivity index (χ2v) is 8.78. The van der Waals surface area contributed by atoms with Gasteiger partial charge in [-0.1, -0.05) is 59.2 Å². The molecule has 3 atom stereocenters. The summed E-state index contributed by atoms with van der Waals surface area (Å²) in [5, 5.41) is 19.2. The van der Waals surface area contributed by atoms with Gasteiger partial charge in [-0.25, -0.2) is 4.98 Å². The number of aliphatic carboxylic acids is 1. The van der Waals surface area contributed by atoms with E-state index in [0.717, 1.165) is 5.39 Å². The number of oxime groups is 1. The van der Waals surface area contributed by atoms with Gasteiger partial charge in [-0.3, -0.25) is 19.2 Å². The highest BCUT2D eigenvalue weighted by Crippen LogP contribution is 2.19. The number of halogens is 1. The van der Waals surface area contributed by atoms with Gasteiger partial charge in [-0.2, -0.15) is 0 Å². The summed E-state index contributed by atoms with van der Waals surface area (Å²) in [6.45, 7) is 3.79. The lowest BCUT2D eigenvalue weighted by molar-refractivity contribution is -0.141. The van der Waals surface area contributed by atoms with E-state index in [1.807, 2.05) is 44.2 Å². The molecule has 0 fully saturated rings. The molecule has 2 heterocycles. The molecule has 2 amide bonds. The van der Waals surface area contributed by atoms with Gasteiger partial charge in [0.05, 0.1) is 35.1 Å². The van der Waals surface area contributed by atoms with Crippen LogP contribution in [-0.4, -0.2) is 62.9 Å². The van der Waals surface area contributed by atoms with E-state index in [1.165, 1.54) is 0 Å². The maximum atomic E-state index is 12.9. The maximum absolute atomic E-state index is 12.9. The van der Waals surface area contributed by atoms with Crippen LogP contribution in [0.3, 0.4) is 0 Å². The lowest BCUT2D eigenvalue weighted by atomic mass is 9.95. The van der Waals surface area contributed by atoms with Crippen LogP contribution in [0.15, 0.2) is 41.6 Å². The molecule has 1 aliphatic rings. The first-order valence-electron chi connectivity index (χ1n) is 10.7. The predicted molar refractivity (Wildman–Crippen MR) is 128 cm³/mol. The molecule has 3 N–H and O–H groups in total. The molecule has 1 aromatic carbocycles. The first-order valence-corrected chi connectivity index (χ1v) is 11.8. The first-order chi connectivity index (χ1) is 16.2. The SMILES string of the molecule is CC(C)[C@H](NC(=O)c1ccc2ccccc2n1)C1=NOC(C(=O)N[C@@H](CC(=O)O)C(=O)CBr)C1. The van der Waals surface area contributed by atoms with Crippen LogP contribution < -0.4 is 10.6 Å². The molecule has 0 aliphatic carbocycles. The molecule has 11 heteroatoms. The van der Waals surface area contributed by atoms with Gasteiger partial charge in [-0.05, 0) is 18.1 Å². The number of nitrogens with zero attached hydrogens (tertiary/aromatic N) is 2. The number of carboxylic acid groups (broad SMARTS) is 1. The molecule has 0 saturated heterocycles. The van der Waals surface area contributed by atoms with Crippen molar-refractivity contribution in [3.63, 3.8) is 0 Å². The van der Waals surface area contributed by atoms with E-state index in [1.54, 1.807) is 6.07 Å². The zero-order valence-corrected chi connectivity index (χ0v) is 20.2. The normalized spacial score (nSPS) is 16.9. The van der Waals surface area contributed by atoms with Gasteiger partial charge < -0.3 is 20.6 Å². The van der Waals surface area contributed by atoms with Crippen LogP contribution in [0.25, 0.3) is 10.9 Å². The van der Waals surface area contributed by atoms with E-state index in [4.69, 9.17) is 9.94 Å². The number of aromatic nitrogens is 1. The van der Waals surface area contributed by atoms with Gasteiger partial charge in [0.15, 0.2) is 5.78 Å². The second kappa shape index (κ2) is 11.2. The number of nitrogens with one attached hydrogen (secondary N) is 2. The Morgan fingerprint density at radius 1 is 1.15 bits per heavy atom. The number of carboxylic acids is 1. The minimum Gasteiger partial charge on any atom is -0.481 e. The predicted octanol–water partition coefficient (Wildman–Crippen LogP) is 2.06. The van der Waals surface area contributed by atoms with Crippen LogP contribution in [0.5, 0.6) is 0 Å². The number of carbonyl (C=O) groups excluding carboxylic acids is 3. The van der Waals surface area contributed by atoms with E-state index in [9.17, 15) is 19.2 Å². The summed E-state index contributed by atoms with van der Waals surface area (Å²) in [4.78, 5) is 58.1. The number of pyridine rings is 1. The minimum absolute atomic E-state index is 0.0664. The Balaban J connectivity index is 1.66. The van der Waals surface area contributed by atoms with E-state index in [0.29, 0.717) is 11.2 Å². The van der Waals surface area contributed by atoms with Crippen LogP contribution in [0.4, 0.5) is 0 Å². The average Bonchev–Trinajstić information content (AvgIpc) is 3.30. The van der Waals surface area contributed by atoms with Crippen molar-refractivity contribution < 1.29 is 29.1 Å². The first kappa shape index (κ1) is 25.3. The van der Waals surface area contributed by atoms with Gasteiger partial charge in [0.1, 0.15) is 5.69 Å². The average molecular weight is 533 g/mol. The number of Topliss-reactive ketones (excluding diaryl/α,β-unsaturated/α-hetero) is 1. The van der Waals surface area contributed by atoms with E-state index in [-0.39, 0.29) is 29.3 Å². The molecular formula is C23H25BrN4O6. The molecule has 0 radical (unpaired) electrons. The van der Waals surface area contributed by atoms with E-state index in [2.05, 4.69) is 36.7 Å². The number of alkyl halides is 1. The fraction of sp³-hybridized carbons (Fsp3) is 0.391. The number of benzene rings is 1. The third kappa shape index (κ3) is 6.16. The van der Waals surface area contributed by atoms with Crippen molar-refractivity contribution in [3.05, 3.63) is 42.1 Å². The zero-order valence-electron chi connectivity index (χ0n) is 18.7. The highest BCUT2D eigenvalue weighted by Gasteiger charge is 2.36. The topological polar surface area (TPSA) is 147 Å². The summed E-state index contributed by atoms with van der Waals surface area (Å²) < 4.78 is 0. The molecule has 2 aromatic rings. The Hall–Kier alpha value is -3.34. The van der Waals surface area contributed by atoms with Crippen molar-refractivity contribution >= 4 is 56.1 Å². The smallest absolute Gasteiger partial charge is 0.305 e. The number of hydrogen-bond acceptors (Lipinski definition) is 7. The van der Waals surface area contributed by atoms with Crippen molar-refractivity contribution in [2.75, 3.05) is 5.33 Å². The van der Waals surface area contributed by atoms with Crippen LogP contribution in [0.1, 0.15) is 37.2 Å². The van der Waals surface area contributed by atoms with Crippen LogP contribution in [-0.2, 0) is 19.2 Å². The molecule has 1 unspecified atom stereocenters. The van der Waals surface area contributed by atoms with Crippen LogP contribution in [0.2, 0.25) is 0 Å². The van der Waals surface area contributed by atoms with E-state index < -0.39 is 42.3 Å². The lowest BCUT2D eigenvalue weighted by Gasteiger charge is -2.22. The number of para-hydroxylation sites is 1. The van der Waals surface area contributed by atoms with Gasteiger partial charge in [0, 0.05) is 11.8 Å². The Labute approximate surface area is 204 Å². The van der Waals surface area contributed by atoms with Crippen molar-refractivity contribution in [1.82, 2.24) is 15.6 Å². The fourth-order valence-electron chi connectivity index (χ4n) is 3.54. The van der Waals surface area contributed by atoms with E-state index >= 15 is 0 Å². The van der Waals surface area contributed by atoms with Crippen LogP contribution in [0, 0.1) is 5.92 Å². The largest absolute Gasteiger partial charge is 0.481 e. The molecule has 0 bridgehead atoms. The lowest BCUT2D eigenvalue weighted by Crippen LogP contribution is -2.48. The third-order valence-electron chi connectivity index (χ3n) is 5.34. The monoisotopic (exact) mass is 532 g/mol. The Morgan fingerprint density at radius 2 is 1.88 bits per heavy atom. The number of carbonyl (C=O) groups is 4. The molecule has 0 saturated carbocycles. The van der Waals surface area contributed by atoms with Gasteiger partial charge >= 0.3 is 5.97 Å². The molecule has 1 aromatic heterocycles. The quantitative estimate of drug-likeness (QED) is 0.396. The molecule has 34 heavy (non-hydrogen) atoms. The highest BCUT2D eigenvalue weighted by atomic mass is 79.9. The zero-order chi connectivity index (χ0) is 24.8. The number of rotatable bonds is 10. The van der Waals surface area contributed by atoms with Crippen molar-refractivity contribution in [2.24, 2.45) is 11.1 Å². The highest BCUT2D eigenvalue weighted by molar-refractivity contribution is 9.09.